The summed E-state index contributed by atoms with van der Waals surface area (Å²) in [6, 6.07) is 1.10. The maximum Gasteiger partial charge on any atom is 0.340 e. The molecular formula is C12H19N5O2. The highest BCUT2D eigenvalue weighted by Crippen LogP contribution is 2.28. The fraction of sp³-hybridized carbons (Fsp3) is 0.750. The molecule has 2 aliphatic rings. The Morgan fingerprint density at radius 3 is 2.89 bits per heavy atom. The van der Waals surface area contributed by atoms with Gasteiger partial charge in [0.15, 0.2) is 0 Å². The summed E-state index contributed by atoms with van der Waals surface area (Å²) >= 11 is 0. The molecule has 2 N–H and O–H groups in total. The fourth-order valence-electron chi connectivity index (χ4n) is 3.18. The van der Waals surface area contributed by atoms with Crippen molar-refractivity contribution in [2.75, 3.05) is 20.1 Å². The molecule has 1 amide bonds. The van der Waals surface area contributed by atoms with Crippen molar-refractivity contribution in [1.29, 1.82) is 0 Å². The van der Waals surface area contributed by atoms with Gasteiger partial charge >= 0.3 is 5.69 Å². The minimum Gasteiger partial charge on any atom is -0.341 e. The van der Waals surface area contributed by atoms with Gasteiger partial charge in [-0.15, -0.1) is 0 Å². The number of hydrogen-bond acceptors (Lipinski definition) is 4. The number of nitrogens with zero attached hydrogens (tertiary/aromatic N) is 3. The van der Waals surface area contributed by atoms with E-state index in [0.717, 1.165) is 19.5 Å². The van der Waals surface area contributed by atoms with Crippen LogP contribution in [0.15, 0.2) is 4.79 Å². The zero-order valence-corrected chi connectivity index (χ0v) is 11.1. The first-order chi connectivity index (χ1) is 9.13. The van der Waals surface area contributed by atoms with E-state index in [2.05, 4.69) is 27.1 Å². The zero-order valence-electron chi connectivity index (χ0n) is 11.1. The molecule has 0 spiro atoms. The molecule has 104 valence electrons. The van der Waals surface area contributed by atoms with Crippen molar-refractivity contribution in [2.24, 2.45) is 0 Å². The first-order valence-electron chi connectivity index (χ1n) is 6.77. The molecule has 7 nitrogen and oxygen atoms in total. The van der Waals surface area contributed by atoms with Gasteiger partial charge in [0.25, 0.3) is 0 Å². The number of aromatic nitrogens is 3. The molecular weight excluding hydrogens is 246 g/mol. The number of rotatable bonds is 2. The van der Waals surface area contributed by atoms with Crippen LogP contribution in [-0.2, 0) is 11.2 Å². The van der Waals surface area contributed by atoms with Gasteiger partial charge in [0.2, 0.25) is 5.91 Å². The third-order valence-electron chi connectivity index (χ3n) is 4.37. The molecule has 2 atom stereocenters. The lowest BCUT2D eigenvalue weighted by Crippen LogP contribution is -2.40. The predicted octanol–water partition coefficient (Wildman–Crippen LogP) is -0.664. The van der Waals surface area contributed by atoms with Crippen molar-refractivity contribution in [3.05, 3.63) is 16.3 Å². The first kappa shape index (κ1) is 12.4. The molecule has 2 aliphatic heterocycles. The average molecular weight is 265 g/mol. The van der Waals surface area contributed by atoms with Crippen LogP contribution in [0.1, 0.15) is 25.1 Å². The van der Waals surface area contributed by atoms with Crippen molar-refractivity contribution in [3.63, 3.8) is 0 Å². The van der Waals surface area contributed by atoms with E-state index in [0.29, 0.717) is 17.9 Å². The van der Waals surface area contributed by atoms with Gasteiger partial charge in [-0.2, -0.15) is 5.10 Å². The van der Waals surface area contributed by atoms with Crippen molar-refractivity contribution >= 4 is 5.91 Å². The highest BCUT2D eigenvalue weighted by Gasteiger charge is 2.35. The summed E-state index contributed by atoms with van der Waals surface area (Å²) in [5.41, 5.74) is -0.363. The number of carbonyl (C=O) groups is 1. The highest BCUT2D eigenvalue weighted by molar-refractivity contribution is 5.78. The second-order valence-corrected chi connectivity index (χ2v) is 5.48. The maximum absolute atomic E-state index is 12.2. The van der Waals surface area contributed by atoms with E-state index in [4.69, 9.17) is 0 Å². The molecule has 7 heteroatoms. The second-order valence-electron chi connectivity index (χ2n) is 5.48. The van der Waals surface area contributed by atoms with Crippen molar-refractivity contribution < 1.29 is 4.79 Å². The number of amides is 1. The topological polar surface area (TPSA) is 85.1 Å². The summed E-state index contributed by atoms with van der Waals surface area (Å²) in [6.07, 6.45) is 3.62. The molecule has 2 bridgehead atoms. The monoisotopic (exact) mass is 265 g/mol. The van der Waals surface area contributed by atoms with Crippen LogP contribution in [0.4, 0.5) is 0 Å². The van der Waals surface area contributed by atoms with Crippen molar-refractivity contribution in [2.45, 2.75) is 37.8 Å². The molecule has 1 aromatic heterocycles. The number of aromatic amines is 2. The molecule has 0 aliphatic carbocycles. The molecule has 0 aromatic carbocycles. The van der Waals surface area contributed by atoms with Gasteiger partial charge in [-0.05, 0) is 26.3 Å². The number of likely N-dealkylation sites (tertiary alicyclic amines) is 1. The normalized spacial score (nSPS) is 27.5. The Morgan fingerprint density at radius 2 is 2.16 bits per heavy atom. The summed E-state index contributed by atoms with van der Waals surface area (Å²) < 4.78 is 0. The quantitative estimate of drug-likeness (QED) is 0.743. The number of H-pyrrole nitrogens is 2. The third kappa shape index (κ3) is 2.42. The van der Waals surface area contributed by atoms with Gasteiger partial charge in [-0.25, -0.2) is 9.89 Å². The minimum absolute atomic E-state index is 0.0451. The number of likely N-dealkylation sites (N-methyl/N-ethyl adjacent to an activating group) is 1. The molecule has 19 heavy (non-hydrogen) atoms. The van der Waals surface area contributed by atoms with Gasteiger partial charge < -0.3 is 4.90 Å². The van der Waals surface area contributed by atoms with Crippen LogP contribution < -0.4 is 5.69 Å². The lowest BCUT2D eigenvalue weighted by atomic mass is 10.1. The third-order valence-corrected chi connectivity index (χ3v) is 4.37. The van der Waals surface area contributed by atoms with Gasteiger partial charge in [0, 0.05) is 25.2 Å². The van der Waals surface area contributed by atoms with Crippen LogP contribution >= 0.6 is 0 Å². The van der Waals surface area contributed by atoms with Gasteiger partial charge in [0.05, 0.1) is 6.42 Å². The summed E-state index contributed by atoms with van der Waals surface area (Å²) in [6.45, 7) is 1.60. The van der Waals surface area contributed by atoms with Crippen molar-refractivity contribution in [1.82, 2.24) is 25.0 Å². The smallest absolute Gasteiger partial charge is 0.340 e. The second kappa shape index (κ2) is 4.80. The van der Waals surface area contributed by atoms with Gasteiger partial charge in [0.1, 0.15) is 5.82 Å². The van der Waals surface area contributed by atoms with Crippen LogP contribution in [0.2, 0.25) is 0 Å². The lowest BCUT2D eigenvalue weighted by molar-refractivity contribution is -0.130. The Kier molecular flexibility index (Phi) is 3.14. The predicted molar refractivity (Wildman–Crippen MR) is 68.7 cm³/mol. The molecule has 0 radical (unpaired) electrons. The first-order valence-corrected chi connectivity index (χ1v) is 6.77. The Bertz CT molecular complexity index is 522. The highest BCUT2D eigenvalue weighted by atomic mass is 16.2. The maximum atomic E-state index is 12.2. The molecule has 1 aromatic rings. The molecule has 0 unspecified atom stereocenters. The van der Waals surface area contributed by atoms with E-state index in [1.54, 1.807) is 0 Å². The number of fused-ring (bicyclic) bond motifs is 2. The van der Waals surface area contributed by atoms with E-state index in [1.165, 1.54) is 12.8 Å². The van der Waals surface area contributed by atoms with Crippen molar-refractivity contribution in [3.8, 4) is 0 Å². The Hall–Kier alpha value is -1.63. The number of nitrogens with one attached hydrogen (secondary N) is 2. The van der Waals surface area contributed by atoms with Crippen LogP contribution in [0.25, 0.3) is 0 Å². The van der Waals surface area contributed by atoms with E-state index in [9.17, 15) is 9.59 Å². The van der Waals surface area contributed by atoms with E-state index >= 15 is 0 Å². The Morgan fingerprint density at radius 1 is 1.37 bits per heavy atom. The number of carbonyl (C=O) groups excluding carboxylic acids is 1. The molecule has 0 saturated carbocycles. The molecule has 3 heterocycles. The van der Waals surface area contributed by atoms with Crippen LogP contribution in [-0.4, -0.2) is 63.1 Å². The average Bonchev–Trinajstić information content (AvgIpc) is 2.84. The van der Waals surface area contributed by atoms with E-state index in [-0.39, 0.29) is 18.0 Å². The largest absolute Gasteiger partial charge is 0.341 e. The summed E-state index contributed by atoms with van der Waals surface area (Å²) in [4.78, 5) is 30.0. The zero-order chi connectivity index (χ0) is 13.4. The SMILES string of the molecule is CN1[C@H]2CC[C@@H]1CN(C(=O)Cc1n[nH]c(=O)[nH]1)CC2. The fourth-order valence-corrected chi connectivity index (χ4v) is 3.18. The van der Waals surface area contributed by atoms with Gasteiger partial charge in [-0.1, -0.05) is 0 Å². The molecule has 2 saturated heterocycles. The van der Waals surface area contributed by atoms with Crippen LogP contribution in [0.3, 0.4) is 0 Å². The van der Waals surface area contributed by atoms with Crippen LogP contribution in [0, 0.1) is 0 Å². The van der Waals surface area contributed by atoms with E-state index < -0.39 is 0 Å². The molecule has 3 rings (SSSR count). The van der Waals surface area contributed by atoms with Crippen LogP contribution in [0.5, 0.6) is 0 Å². The Balaban J connectivity index is 1.65. The standard InChI is InChI=1S/C12H19N5O2/c1-16-8-2-3-9(16)7-17(5-4-8)11(18)6-10-13-12(19)15-14-10/h8-9H,2-7H2,1H3,(H2,13,14,15,19)/t8-,9+/m0/s1. The lowest BCUT2D eigenvalue weighted by Gasteiger charge is -2.25. The molecule has 2 fully saturated rings. The number of hydrogen-bond donors (Lipinski definition) is 2. The summed E-state index contributed by atoms with van der Waals surface area (Å²) in [7, 11) is 2.15. The minimum atomic E-state index is -0.363. The Labute approximate surface area is 111 Å². The summed E-state index contributed by atoms with van der Waals surface area (Å²) in [5, 5.41) is 6.07. The van der Waals surface area contributed by atoms with Gasteiger partial charge in [-0.3, -0.25) is 14.7 Å². The summed E-state index contributed by atoms with van der Waals surface area (Å²) in [5.74, 6) is 0.460. The van der Waals surface area contributed by atoms with E-state index in [1.807, 2.05) is 4.90 Å².